The molecule has 0 spiro atoms. The quantitative estimate of drug-likeness (QED) is 0.563. The molecule has 0 aromatic rings. The van der Waals surface area contributed by atoms with E-state index >= 15 is 0 Å². The van der Waals surface area contributed by atoms with Crippen LogP contribution in [0.15, 0.2) is 0 Å². The Morgan fingerprint density at radius 3 is 1.60 bits per heavy atom. The Labute approximate surface area is 66.0 Å². The van der Waals surface area contributed by atoms with Crippen molar-refractivity contribution in [1.29, 1.82) is 0 Å². The normalized spacial score (nSPS) is 15.9. The summed E-state index contributed by atoms with van der Waals surface area (Å²) in [6, 6.07) is 0. The fourth-order valence-electron chi connectivity index (χ4n) is 1.22. The van der Waals surface area contributed by atoms with Crippen LogP contribution in [0, 0.1) is 17.3 Å². The molecule has 62 valence electrons. The monoisotopic (exact) mass is 142 g/mol. The molecule has 0 saturated heterocycles. The van der Waals surface area contributed by atoms with Crippen LogP contribution < -0.4 is 0 Å². The zero-order chi connectivity index (χ0) is 8.36. The van der Waals surface area contributed by atoms with E-state index in [9.17, 15) is 0 Å². The third-order valence-corrected chi connectivity index (χ3v) is 3.14. The van der Waals surface area contributed by atoms with E-state index in [0.717, 1.165) is 11.8 Å². The van der Waals surface area contributed by atoms with Crippen molar-refractivity contribution in [1.82, 2.24) is 0 Å². The molecular weight excluding hydrogens is 120 g/mol. The minimum absolute atomic E-state index is 0.522. The zero-order valence-electron chi connectivity index (χ0n) is 8.36. The predicted molar refractivity (Wildman–Crippen MR) is 48.1 cm³/mol. The van der Waals surface area contributed by atoms with Gasteiger partial charge in [-0.3, -0.25) is 0 Å². The molecule has 0 rings (SSSR count). The van der Waals surface area contributed by atoms with Crippen molar-refractivity contribution in [2.45, 2.75) is 48.0 Å². The second-order valence-electron chi connectivity index (χ2n) is 4.37. The molecule has 0 aliphatic rings. The van der Waals surface area contributed by atoms with Crippen LogP contribution in [0.4, 0.5) is 0 Å². The van der Waals surface area contributed by atoms with Gasteiger partial charge in [-0.25, -0.2) is 0 Å². The van der Waals surface area contributed by atoms with Crippen molar-refractivity contribution in [3.05, 3.63) is 0 Å². The molecule has 0 saturated carbocycles. The van der Waals surface area contributed by atoms with E-state index < -0.39 is 0 Å². The van der Waals surface area contributed by atoms with Crippen LogP contribution in [0.5, 0.6) is 0 Å². The summed E-state index contributed by atoms with van der Waals surface area (Å²) in [5, 5.41) is 0. The Morgan fingerprint density at radius 1 is 1.10 bits per heavy atom. The molecule has 0 fully saturated rings. The third-order valence-electron chi connectivity index (χ3n) is 3.14. The summed E-state index contributed by atoms with van der Waals surface area (Å²) in [4.78, 5) is 0. The summed E-state index contributed by atoms with van der Waals surface area (Å²) in [6.45, 7) is 14.0. The van der Waals surface area contributed by atoms with Crippen LogP contribution in [-0.2, 0) is 0 Å². The maximum atomic E-state index is 2.36. The second-order valence-corrected chi connectivity index (χ2v) is 4.37. The van der Waals surface area contributed by atoms with E-state index in [0.29, 0.717) is 5.41 Å². The van der Waals surface area contributed by atoms with Crippen molar-refractivity contribution in [3.63, 3.8) is 0 Å². The lowest BCUT2D eigenvalue weighted by atomic mass is 9.72. The predicted octanol–water partition coefficient (Wildman–Crippen LogP) is 3.71. The number of rotatable bonds is 3. The molecule has 0 aromatic carbocycles. The average Bonchev–Trinajstić information content (AvgIpc) is 1.86. The summed E-state index contributed by atoms with van der Waals surface area (Å²) in [7, 11) is 0. The van der Waals surface area contributed by atoms with Gasteiger partial charge in [0.2, 0.25) is 0 Å². The molecule has 0 aliphatic heterocycles. The summed E-state index contributed by atoms with van der Waals surface area (Å²) >= 11 is 0. The fraction of sp³-hybridized carbons (Fsp3) is 1.00. The van der Waals surface area contributed by atoms with Gasteiger partial charge >= 0.3 is 0 Å². The van der Waals surface area contributed by atoms with Crippen LogP contribution in [-0.4, -0.2) is 0 Å². The number of hydrogen-bond acceptors (Lipinski definition) is 0. The van der Waals surface area contributed by atoms with Crippen molar-refractivity contribution >= 4 is 0 Å². The summed E-state index contributed by atoms with van der Waals surface area (Å²) < 4.78 is 0. The summed E-state index contributed by atoms with van der Waals surface area (Å²) in [5.74, 6) is 1.65. The van der Waals surface area contributed by atoms with Crippen molar-refractivity contribution in [2.75, 3.05) is 0 Å². The van der Waals surface area contributed by atoms with E-state index in [4.69, 9.17) is 0 Å². The highest BCUT2D eigenvalue weighted by molar-refractivity contribution is 4.75. The maximum absolute atomic E-state index is 2.36. The van der Waals surface area contributed by atoms with E-state index in [1.807, 2.05) is 0 Å². The fourth-order valence-corrected chi connectivity index (χ4v) is 1.22. The largest absolute Gasteiger partial charge is 0.0649 e. The van der Waals surface area contributed by atoms with Crippen molar-refractivity contribution in [2.24, 2.45) is 17.3 Å². The van der Waals surface area contributed by atoms with Gasteiger partial charge in [0, 0.05) is 0 Å². The number of hydrogen-bond donors (Lipinski definition) is 0. The average molecular weight is 142 g/mol. The Kier molecular flexibility index (Phi) is 3.41. The minimum Gasteiger partial charge on any atom is -0.0649 e. The third kappa shape index (κ3) is 2.32. The van der Waals surface area contributed by atoms with Crippen LogP contribution in [0.25, 0.3) is 0 Å². The molecular formula is C10H22. The van der Waals surface area contributed by atoms with E-state index in [1.54, 1.807) is 0 Å². The molecule has 0 aliphatic carbocycles. The van der Waals surface area contributed by atoms with E-state index in [2.05, 4.69) is 41.5 Å². The molecule has 10 heavy (non-hydrogen) atoms. The Hall–Kier alpha value is 0. The molecule has 0 heterocycles. The summed E-state index contributed by atoms with van der Waals surface area (Å²) in [5.41, 5.74) is 0.522. The molecule has 0 amide bonds. The Bertz CT molecular complexity index is 90.2. The molecule has 0 bridgehead atoms. The van der Waals surface area contributed by atoms with Crippen LogP contribution in [0.1, 0.15) is 48.0 Å². The SMILES string of the molecule is CCC(C)(C)[C@@H](C)C(C)C. The standard InChI is InChI=1S/C10H22/c1-7-10(5,6)9(4)8(2)3/h8-9H,7H2,1-6H3/t9-/m0/s1. The van der Waals surface area contributed by atoms with Crippen molar-refractivity contribution in [3.8, 4) is 0 Å². The molecule has 0 radical (unpaired) electrons. The molecule has 0 N–H and O–H groups in total. The Balaban J connectivity index is 4.03. The van der Waals surface area contributed by atoms with Gasteiger partial charge in [0.15, 0.2) is 0 Å². The first-order valence-electron chi connectivity index (χ1n) is 4.41. The molecule has 0 unspecified atom stereocenters. The summed E-state index contributed by atoms with van der Waals surface area (Å²) in [6.07, 6.45) is 1.28. The highest BCUT2D eigenvalue weighted by Gasteiger charge is 2.25. The van der Waals surface area contributed by atoms with Gasteiger partial charge in [0.05, 0.1) is 0 Å². The maximum Gasteiger partial charge on any atom is -0.0329 e. The van der Waals surface area contributed by atoms with E-state index in [-0.39, 0.29) is 0 Å². The van der Waals surface area contributed by atoms with Gasteiger partial charge in [0.25, 0.3) is 0 Å². The zero-order valence-corrected chi connectivity index (χ0v) is 8.36. The molecule has 1 atom stereocenters. The lowest BCUT2D eigenvalue weighted by molar-refractivity contribution is 0.168. The highest BCUT2D eigenvalue weighted by atomic mass is 14.3. The van der Waals surface area contributed by atoms with Crippen LogP contribution in [0.2, 0.25) is 0 Å². The van der Waals surface area contributed by atoms with Gasteiger partial charge < -0.3 is 0 Å². The molecule has 0 aromatic heterocycles. The second kappa shape index (κ2) is 3.41. The van der Waals surface area contributed by atoms with Gasteiger partial charge in [-0.1, -0.05) is 48.0 Å². The lowest BCUT2D eigenvalue weighted by Gasteiger charge is -2.33. The molecule has 0 nitrogen and oxygen atoms in total. The van der Waals surface area contributed by atoms with Crippen LogP contribution >= 0.6 is 0 Å². The van der Waals surface area contributed by atoms with Gasteiger partial charge in [-0.15, -0.1) is 0 Å². The van der Waals surface area contributed by atoms with Gasteiger partial charge in [0.1, 0.15) is 0 Å². The van der Waals surface area contributed by atoms with Gasteiger partial charge in [-0.2, -0.15) is 0 Å². The topological polar surface area (TPSA) is 0 Å². The first kappa shape index (κ1) is 10.0. The highest BCUT2D eigenvalue weighted by Crippen LogP contribution is 2.34. The first-order valence-corrected chi connectivity index (χ1v) is 4.41. The molecule has 0 heteroatoms. The van der Waals surface area contributed by atoms with Crippen LogP contribution in [0.3, 0.4) is 0 Å². The van der Waals surface area contributed by atoms with E-state index in [1.165, 1.54) is 6.42 Å². The lowest BCUT2D eigenvalue weighted by Crippen LogP contribution is -2.24. The van der Waals surface area contributed by atoms with Gasteiger partial charge in [-0.05, 0) is 17.3 Å². The smallest absolute Gasteiger partial charge is 0.0329 e. The minimum atomic E-state index is 0.522. The van der Waals surface area contributed by atoms with Crippen molar-refractivity contribution < 1.29 is 0 Å². The first-order chi connectivity index (χ1) is 4.41. The Morgan fingerprint density at radius 2 is 1.50 bits per heavy atom.